The zero-order valence-corrected chi connectivity index (χ0v) is 16.1. The Balaban J connectivity index is 1.87. The summed E-state index contributed by atoms with van der Waals surface area (Å²) in [6.45, 7) is 2.29. The fraction of sp³-hybridized carbons (Fsp3) is 0.500. The van der Waals surface area contributed by atoms with E-state index in [9.17, 15) is 23.5 Å². The standard InChI is InChI=1S/C20H26F2N2O5/c1-14(18(26)27)29-12-6-5-11-24-16(13-23-19(24)28)9-10-17(25)20(21,22)15-7-3-2-4-8-15/h2-4,7-10,14,16-17,25H,5-6,11-13H2,1H3,(H,23,28)(H,26,27)/t14?,16-,17?/m0/s1. The number of nitrogens with zero attached hydrogens (tertiary/aromatic N) is 1. The summed E-state index contributed by atoms with van der Waals surface area (Å²) in [6, 6.07) is 6.28. The van der Waals surface area contributed by atoms with Gasteiger partial charge >= 0.3 is 17.9 Å². The third kappa shape index (κ3) is 6.23. The number of aliphatic hydroxyl groups is 1. The second-order valence-corrected chi connectivity index (χ2v) is 6.82. The Kier molecular flexibility index (Phi) is 8.10. The number of amides is 2. The average Bonchev–Trinajstić information content (AvgIpc) is 3.05. The first-order valence-corrected chi connectivity index (χ1v) is 9.42. The van der Waals surface area contributed by atoms with Crippen LogP contribution in [0, 0.1) is 0 Å². The fourth-order valence-corrected chi connectivity index (χ4v) is 2.89. The summed E-state index contributed by atoms with van der Waals surface area (Å²) in [7, 11) is 0. The highest BCUT2D eigenvalue weighted by atomic mass is 19.3. The third-order valence-electron chi connectivity index (χ3n) is 4.68. The molecule has 1 aromatic carbocycles. The fourth-order valence-electron chi connectivity index (χ4n) is 2.89. The number of unbranched alkanes of at least 4 members (excludes halogenated alkanes) is 1. The highest BCUT2D eigenvalue weighted by Crippen LogP contribution is 2.32. The van der Waals surface area contributed by atoms with Crippen molar-refractivity contribution in [1.82, 2.24) is 10.2 Å². The molecule has 1 heterocycles. The summed E-state index contributed by atoms with van der Waals surface area (Å²) in [5, 5.41) is 21.4. The Morgan fingerprint density at radius 3 is 2.72 bits per heavy atom. The largest absolute Gasteiger partial charge is 0.479 e. The number of urea groups is 1. The first kappa shape index (κ1) is 22.8. The third-order valence-corrected chi connectivity index (χ3v) is 4.68. The molecular weight excluding hydrogens is 386 g/mol. The summed E-state index contributed by atoms with van der Waals surface area (Å²) < 4.78 is 33.8. The van der Waals surface area contributed by atoms with Crippen LogP contribution in [0.5, 0.6) is 0 Å². The van der Waals surface area contributed by atoms with Crippen molar-refractivity contribution in [2.45, 2.75) is 43.9 Å². The number of alkyl halides is 2. The molecule has 2 amide bonds. The number of carboxylic acids is 1. The number of rotatable bonds is 11. The van der Waals surface area contributed by atoms with Crippen LogP contribution >= 0.6 is 0 Å². The SMILES string of the molecule is CC(OCCCCN1C(=O)NC[C@@H]1C=CC(O)C(F)(F)c1ccccc1)C(=O)O. The number of hydrogen-bond donors (Lipinski definition) is 3. The van der Waals surface area contributed by atoms with E-state index in [0.29, 0.717) is 19.4 Å². The number of nitrogens with one attached hydrogen (secondary N) is 1. The van der Waals surface area contributed by atoms with E-state index in [1.807, 2.05) is 0 Å². The molecule has 0 aromatic heterocycles. The molecule has 2 rings (SSSR count). The van der Waals surface area contributed by atoms with Crippen LogP contribution in [0.3, 0.4) is 0 Å². The zero-order chi connectivity index (χ0) is 21.4. The van der Waals surface area contributed by atoms with E-state index in [2.05, 4.69) is 5.32 Å². The molecule has 9 heteroatoms. The summed E-state index contributed by atoms with van der Waals surface area (Å²) in [4.78, 5) is 24.1. The average molecular weight is 412 g/mol. The Hall–Kier alpha value is -2.52. The van der Waals surface area contributed by atoms with Gasteiger partial charge in [0.25, 0.3) is 0 Å². The van der Waals surface area contributed by atoms with Crippen molar-refractivity contribution in [1.29, 1.82) is 0 Å². The van der Waals surface area contributed by atoms with E-state index in [4.69, 9.17) is 9.84 Å². The van der Waals surface area contributed by atoms with Gasteiger partial charge in [-0.1, -0.05) is 42.5 Å². The van der Waals surface area contributed by atoms with Crippen molar-refractivity contribution in [3.63, 3.8) is 0 Å². The number of hydrogen-bond acceptors (Lipinski definition) is 4. The van der Waals surface area contributed by atoms with Crippen LogP contribution in [0.25, 0.3) is 0 Å². The van der Waals surface area contributed by atoms with E-state index < -0.39 is 30.1 Å². The molecule has 1 aliphatic rings. The van der Waals surface area contributed by atoms with Crippen LogP contribution in [0.4, 0.5) is 13.6 Å². The number of benzene rings is 1. The van der Waals surface area contributed by atoms with Gasteiger partial charge in [0.1, 0.15) is 6.10 Å². The number of carbonyl (C=O) groups excluding carboxylic acids is 1. The van der Waals surface area contributed by atoms with Crippen molar-refractivity contribution >= 4 is 12.0 Å². The maximum absolute atomic E-state index is 14.4. The van der Waals surface area contributed by atoms with Crippen LogP contribution < -0.4 is 5.32 Å². The lowest BCUT2D eigenvalue weighted by molar-refractivity contribution is -0.149. The molecule has 1 aliphatic heterocycles. The highest BCUT2D eigenvalue weighted by Gasteiger charge is 2.39. The minimum atomic E-state index is -3.45. The lowest BCUT2D eigenvalue weighted by atomic mass is 10.0. The zero-order valence-electron chi connectivity index (χ0n) is 16.1. The van der Waals surface area contributed by atoms with Gasteiger partial charge in [-0.05, 0) is 19.8 Å². The molecule has 0 radical (unpaired) electrons. The van der Waals surface area contributed by atoms with E-state index in [0.717, 1.165) is 6.08 Å². The van der Waals surface area contributed by atoms with Crippen molar-refractivity contribution in [3.8, 4) is 0 Å². The molecule has 0 saturated carbocycles. The van der Waals surface area contributed by atoms with Crippen LogP contribution in [-0.4, -0.2) is 65.1 Å². The molecule has 1 fully saturated rings. The minimum Gasteiger partial charge on any atom is -0.479 e. The molecule has 160 valence electrons. The van der Waals surface area contributed by atoms with Gasteiger partial charge in [-0.3, -0.25) is 0 Å². The summed E-state index contributed by atoms with van der Waals surface area (Å²) in [5.41, 5.74) is -0.287. The van der Waals surface area contributed by atoms with Crippen molar-refractivity contribution in [2.24, 2.45) is 0 Å². The maximum Gasteiger partial charge on any atom is 0.332 e. The number of aliphatic carboxylic acids is 1. The number of aliphatic hydroxyl groups excluding tert-OH is 1. The van der Waals surface area contributed by atoms with Gasteiger partial charge in [-0.2, -0.15) is 8.78 Å². The first-order valence-electron chi connectivity index (χ1n) is 9.42. The molecule has 2 unspecified atom stereocenters. The van der Waals surface area contributed by atoms with Crippen molar-refractivity contribution in [2.75, 3.05) is 19.7 Å². The van der Waals surface area contributed by atoms with Crippen LogP contribution in [0.15, 0.2) is 42.5 Å². The minimum absolute atomic E-state index is 0.242. The van der Waals surface area contributed by atoms with E-state index in [1.54, 1.807) is 6.07 Å². The van der Waals surface area contributed by atoms with Crippen LogP contribution in [-0.2, 0) is 15.5 Å². The van der Waals surface area contributed by atoms with Crippen LogP contribution in [0.1, 0.15) is 25.3 Å². The molecule has 0 aliphatic carbocycles. The summed E-state index contributed by atoms with van der Waals surface area (Å²) in [5.74, 6) is -4.49. The topological polar surface area (TPSA) is 99.1 Å². The predicted molar refractivity (Wildman–Crippen MR) is 102 cm³/mol. The summed E-state index contributed by atoms with van der Waals surface area (Å²) in [6.07, 6.45) is 0.617. The quantitative estimate of drug-likeness (QED) is 0.383. The number of halogens is 2. The summed E-state index contributed by atoms with van der Waals surface area (Å²) >= 11 is 0. The molecule has 3 atom stereocenters. The van der Waals surface area contributed by atoms with Gasteiger partial charge in [-0.15, -0.1) is 0 Å². The smallest absolute Gasteiger partial charge is 0.332 e. The van der Waals surface area contributed by atoms with Gasteiger partial charge in [-0.25, -0.2) is 9.59 Å². The molecular formula is C20H26F2N2O5. The lowest BCUT2D eigenvalue weighted by Crippen LogP contribution is -2.35. The number of ether oxygens (including phenoxy) is 1. The van der Waals surface area contributed by atoms with Crippen LogP contribution in [0.2, 0.25) is 0 Å². The molecule has 1 saturated heterocycles. The molecule has 29 heavy (non-hydrogen) atoms. The molecule has 7 nitrogen and oxygen atoms in total. The van der Waals surface area contributed by atoms with Gasteiger partial charge < -0.3 is 25.2 Å². The normalized spacial score (nSPS) is 19.4. The first-order chi connectivity index (χ1) is 13.7. The second-order valence-electron chi connectivity index (χ2n) is 6.82. The van der Waals surface area contributed by atoms with Gasteiger partial charge in [0.15, 0.2) is 6.10 Å². The number of carbonyl (C=O) groups is 2. The predicted octanol–water partition coefficient (Wildman–Crippen LogP) is 2.36. The van der Waals surface area contributed by atoms with Crippen molar-refractivity contribution in [3.05, 3.63) is 48.0 Å². The number of carboxylic acid groups (broad SMARTS) is 1. The molecule has 3 N–H and O–H groups in total. The monoisotopic (exact) mass is 412 g/mol. The molecule has 0 bridgehead atoms. The van der Waals surface area contributed by atoms with E-state index >= 15 is 0 Å². The Morgan fingerprint density at radius 2 is 2.07 bits per heavy atom. The van der Waals surface area contributed by atoms with Gasteiger partial charge in [0.05, 0.1) is 6.04 Å². The molecule has 1 aromatic rings. The lowest BCUT2D eigenvalue weighted by Gasteiger charge is -2.23. The van der Waals surface area contributed by atoms with Gasteiger partial charge in [0, 0.05) is 25.3 Å². The Bertz CT molecular complexity index is 714. The van der Waals surface area contributed by atoms with E-state index in [-0.39, 0.29) is 24.7 Å². The van der Waals surface area contributed by atoms with Gasteiger partial charge in [0.2, 0.25) is 0 Å². The molecule has 0 spiro atoms. The Morgan fingerprint density at radius 1 is 1.38 bits per heavy atom. The van der Waals surface area contributed by atoms with E-state index in [1.165, 1.54) is 42.2 Å². The Labute approximate surface area is 168 Å². The highest BCUT2D eigenvalue weighted by molar-refractivity contribution is 5.77. The van der Waals surface area contributed by atoms with Crippen molar-refractivity contribution < 1.29 is 33.3 Å². The maximum atomic E-state index is 14.4. The second kappa shape index (κ2) is 10.3.